The second kappa shape index (κ2) is 6.30. The second-order valence-corrected chi connectivity index (χ2v) is 5.26. The molecule has 7 nitrogen and oxygen atoms in total. The van der Waals surface area contributed by atoms with Crippen molar-refractivity contribution >= 4 is 17.5 Å². The van der Waals surface area contributed by atoms with Crippen LogP contribution in [0.4, 0.5) is 18.9 Å². The Labute approximate surface area is 134 Å². The van der Waals surface area contributed by atoms with E-state index in [1.807, 2.05) is 0 Å². The van der Waals surface area contributed by atoms with Crippen molar-refractivity contribution in [1.29, 1.82) is 0 Å². The molecule has 24 heavy (non-hydrogen) atoms. The van der Waals surface area contributed by atoms with Crippen LogP contribution >= 0.6 is 0 Å². The highest BCUT2D eigenvalue weighted by Gasteiger charge is 2.33. The number of H-pyrrole nitrogens is 1. The van der Waals surface area contributed by atoms with Gasteiger partial charge in [0.05, 0.1) is 11.4 Å². The van der Waals surface area contributed by atoms with Gasteiger partial charge in [-0.15, -0.1) is 0 Å². The molecule has 0 atom stereocenters. The molecule has 0 fully saturated rings. The summed E-state index contributed by atoms with van der Waals surface area (Å²) >= 11 is 0. The van der Waals surface area contributed by atoms with E-state index >= 15 is 0 Å². The van der Waals surface area contributed by atoms with Gasteiger partial charge in [-0.2, -0.15) is 18.3 Å². The topological polar surface area (TPSA) is 114 Å². The fourth-order valence-electron chi connectivity index (χ4n) is 1.99. The highest BCUT2D eigenvalue weighted by Crippen LogP contribution is 2.29. The molecule has 0 unspecified atom stereocenters. The number of carbonyl (C=O) groups is 2. The van der Waals surface area contributed by atoms with Gasteiger partial charge in [-0.1, -0.05) is 13.8 Å². The number of pyridine rings is 1. The van der Waals surface area contributed by atoms with E-state index in [2.05, 4.69) is 20.5 Å². The first-order valence-corrected chi connectivity index (χ1v) is 6.84. The average Bonchev–Trinajstić information content (AvgIpc) is 2.90. The fourth-order valence-corrected chi connectivity index (χ4v) is 1.99. The largest absolute Gasteiger partial charge is 0.433 e. The fraction of sp³-hybridized carbons (Fsp3) is 0.286. The minimum absolute atomic E-state index is 0.0490. The smallest absolute Gasteiger partial charge is 0.364 e. The van der Waals surface area contributed by atoms with Crippen LogP contribution in [-0.4, -0.2) is 27.0 Å². The van der Waals surface area contributed by atoms with Gasteiger partial charge >= 0.3 is 6.18 Å². The minimum Gasteiger partial charge on any atom is -0.364 e. The Bertz CT molecular complexity index is 783. The Morgan fingerprint density at radius 1 is 1.33 bits per heavy atom. The van der Waals surface area contributed by atoms with E-state index < -0.39 is 23.7 Å². The van der Waals surface area contributed by atoms with Gasteiger partial charge in [-0.25, -0.2) is 0 Å². The number of amides is 2. The monoisotopic (exact) mass is 341 g/mol. The summed E-state index contributed by atoms with van der Waals surface area (Å²) in [6.07, 6.45) is -3.79. The molecule has 2 aromatic heterocycles. The molecule has 0 bridgehead atoms. The van der Waals surface area contributed by atoms with Crippen molar-refractivity contribution in [2.75, 3.05) is 5.32 Å². The van der Waals surface area contributed by atoms with Crippen LogP contribution < -0.4 is 11.1 Å². The van der Waals surface area contributed by atoms with E-state index in [-0.39, 0.29) is 22.9 Å². The third-order valence-electron chi connectivity index (χ3n) is 3.16. The van der Waals surface area contributed by atoms with Gasteiger partial charge in [-0.3, -0.25) is 19.7 Å². The lowest BCUT2D eigenvalue weighted by Crippen LogP contribution is -2.19. The molecule has 0 aliphatic rings. The number of primary amides is 1. The zero-order valence-electron chi connectivity index (χ0n) is 12.7. The number of anilines is 1. The molecule has 2 heterocycles. The third-order valence-corrected chi connectivity index (χ3v) is 3.16. The average molecular weight is 341 g/mol. The lowest BCUT2D eigenvalue weighted by Gasteiger charge is -2.11. The van der Waals surface area contributed by atoms with E-state index in [1.54, 1.807) is 13.8 Å². The molecule has 0 radical (unpaired) electrons. The summed E-state index contributed by atoms with van der Waals surface area (Å²) in [6, 6.07) is 1.75. The Morgan fingerprint density at radius 3 is 2.54 bits per heavy atom. The van der Waals surface area contributed by atoms with Crippen molar-refractivity contribution in [2.24, 2.45) is 5.73 Å². The van der Waals surface area contributed by atoms with E-state index in [4.69, 9.17) is 5.73 Å². The predicted octanol–water partition coefficient (Wildman–Crippen LogP) is 2.30. The van der Waals surface area contributed by atoms with Crippen molar-refractivity contribution < 1.29 is 22.8 Å². The summed E-state index contributed by atoms with van der Waals surface area (Å²) in [7, 11) is 0. The molecule has 2 aromatic rings. The number of halogens is 3. The number of nitrogens with zero attached hydrogens (tertiary/aromatic N) is 2. The van der Waals surface area contributed by atoms with Gasteiger partial charge in [0.1, 0.15) is 5.69 Å². The van der Waals surface area contributed by atoms with Gasteiger partial charge < -0.3 is 11.1 Å². The molecule has 0 aliphatic carbocycles. The first-order chi connectivity index (χ1) is 11.1. The van der Waals surface area contributed by atoms with E-state index in [9.17, 15) is 22.8 Å². The third kappa shape index (κ3) is 3.53. The van der Waals surface area contributed by atoms with Gasteiger partial charge in [0.15, 0.2) is 5.69 Å². The van der Waals surface area contributed by atoms with Crippen molar-refractivity contribution in [3.05, 3.63) is 41.0 Å². The van der Waals surface area contributed by atoms with Gasteiger partial charge in [0, 0.05) is 11.8 Å². The Balaban J connectivity index is 2.37. The maximum Gasteiger partial charge on any atom is 0.433 e. The number of hydrogen-bond donors (Lipinski definition) is 3. The lowest BCUT2D eigenvalue weighted by molar-refractivity contribution is -0.141. The van der Waals surface area contributed by atoms with Crippen LogP contribution in [0.1, 0.15) is 52.0 Å². The molecular formula is C14H14F3N5O2. The zero-order chi connectivity index (χ0) is 18.1. The number of rotatable bonds is 4. The second-order valence-electron chi connectivity index (χ2n) is 5.26. The van der Waals surface area contributed by atoms with Crippen LogP contribution in [0.2, 0.25) is 0 Å². The summed E-state index contributed by atoms with van der Waals surface area (Å²) in [6.45, 7) is 3.56. The van der Waals surface area contributed by atoms with Crippen molar-refractivity contribution in [3.63, 3.8) is 0 Å². The first-order valence-electron chi connectivity index (χ1n) is 6.84. The Hall–Kier alpha value is -2.91. The predicted molar refractivity (Wildman–Crippen MR) is 78.4 cm³/mol. The number of hydrogen-bond acceptors (Lipinski definition) is 4. The molecule has 0 saturated carbocycles. The van der Waals surface area contributed by atoms with E-state index in [0.717, 1.165) is 12.3 Å². The van der Waals surface area contributed by atoms with E-state index in [1.165, 1.54) is 0 Å². The van der Waals surface area contributed by atoms with Gasteiger partial charge in [-0.05, 0) is 18.1 Å². The first kappa shape index (κ1) is 17.4. The molecule has 4 N–H and O–H groups in total. The molecule has 2 amide bonds. The van der Waals surface area contributed by atoms with Crippen LogP contribution in [0.15, 0.2) is 18.3 Å². The van der Waals surface area contributed by atoms with Crippen LogP contribution in [-0.2, 0) is 6.18 Å². The maximum absolute atomic E-state index is 12.7. The highest BCUT2D eigenvalue weighted by molar-refractivity contribution is 6.08. The van der Waals surface area contributed by atoms with Crippen LogP contribution in [0, 0.1) is 0 Å². The van der Waals surface area contributed by atoms with Crippen LogP contribution in [0.3, 0.4) is 0 Å². The molecular weight excluding hydrogens is 327 g/mol. The Morgan fingerprint density at radius 2 is 2.00 bits per heavy atom. The van der Waals surface area contributed by atoms with Crippen molar-refractivity contribution in [3.8, 4) is 0 Å². The minimum atomic E-state index is -4.67. The van der Waals surface area contributed by atoms with Gasteiger partial charge in [0.2, 0.25) is 0 Å². The van der Waals surface area contributed by atoms with E-state index in [0.29, 0.717) is 11.8 Å². The summed E-state index contributed by atoms with van der Waals surface area (Å²) in [5.41, 5.74) is 4.02. The summed E-state index contributed by atoms with van der Waals surface area (Å²) in [5.74, 6) is -1.85. The standard InChI is InChI=1S/C14H14F3N5O2/c1-6(2)9-10(11(12(18)23)22-21-9)20-13(24)7-3-4-19-8(5-7)14(15,16)17/h3-6H,1-2H3,(H2,18,23)(H,20,24)(H,21,22). The van der Waals surface area contributed by atoms with Crippen molar-refractivity contribution in [2.45, 2.75) is 25.9 Å². The molecule has 10 heteroatoms. The zero-order valence-corrected chi connectivity index (χ0v) is 12.7. The number of aromatic amines is 1. The lowest BCUT2D eigenvalue weighted by atomic mass is 10.1. The van der Waals surface area contributed by atoms with Crippen LogP contribution in [0.5, 0.6) is 0 Å². The highest BCUT2D eigenvalue weighted by atomic mass is 19.4. The van der Waals surface area contributed by atoms with Crippen LogP contribution in [0.25, 0.3) is 0 Å². The number of aromatic nitrogens is 3. The summed E-state index contributed by atoms with van der Waals surface area (Å²) in [5, 5.41) is 8.71. The van der Waals surface area contributed by atoms with Gasteiger partial charge in [0.25, 0.3) is 11.8 Å². The molecule has 0 aliphatic heterocycles. The number of nitrogens with one attached hydrogen (secondary N) is 2. The quantitative estimate of drug-likeness (QED) is 0.791. The molecule has 0 saturated heterocycles. The molecule has 0 aromatic carbocycles. The maximum atomic E-state index is 12.7. The number of nitrogens with two attached hydrogens (primary N) is 1. The number of carbonyl (C=O) groups excluding carboxylic acids is 2. The molecule has 0 spiro atoms. The SMILES string of the molecule is CC(C)c1[nH]nc(C(N)=O)c1NC(=O)c1ccnc(C(F)(F)F)c1. The summed E-state index contributed by atoms with van der Waals surface area (Å²) in [4.78, 5) is 26.8. The summed E-state index contributed by atoms with van der Waals surface area (Å²) < 4.78 is 38.0. The Kier molecular flexibility index (Phi) is 4.58. The van der Waals surface area contributed by atoms with Crippen molar-refractivity contribution in [1.82, 2.24) is 15.2 Å². The normalized spacial score (nSPS) is 11.6. The molecule has 2 rings (SSSR count). The molecule has 128 valence electrons. The number of alkyl halides is 3.